The summed E-state index contributed by atoms with van der Waals surface area (Å²) in [6.45, 7) is 29.0. The summed E-state index contributed by atoms with van der Waals surface area (Å²) in [6.07, 6.45) is 0. The van der Waals surface area contributed by atoms with Gasteiger partial charge in [0.2, 0.25) is 0 Å². The molecule has 0 saturated carbocycles. The fraction of sp³-hybridized carbons (Fsp3) is 1.00. The molecule has 4 heteroatoms. The predicted octanol–water partition coefficient (Wildman–Crippen LogP) is 5.11. The first-order chi connectivity index (χ1) is 6.69. The van der Waals surface area contributed by atoms with E-state index in [2.05, 4.69) is 72.0 Å². The lowest BCUT2D eigenvalue weighted by Crippen LogP contribution is -2.70. The zero-order valence-corrected chi connectivity index (χ0v) is 17.5. The van der Waals surface area contributed by atoms with Crippen molar-refractivity contribution in [3.63, 3.8) is 0 Å². The number of hydrogen-bond donors (Lipinski definition) is 0. The van der Waals surface area contributed by atoms with E-state index in [4.69, 9.17) is 0 Å². The SMILES string of the molecule is C[Si+](C)C([Si](C)(C)C)([Si](C)(C)C)[Si](C)(C)C. The average molecular weight is 290 g/mol. The molecule has 16 heavy (non-hydrogen) atoms. The van der Waals surface area contributed by atoms with Gasteiger partial charge in [-0.05, 0) is 0 Å². The summed E-state index contributed by atoms with van der Waals surface area (Å²) in [7, 11) is -3.53. The maximum atomic E-state index is 2.64. The fourth-order valence-electron chi connectivity index (χ4n) is 5.62. The largest absolute Gasteiger partial charge is 0.303 e. The molecule has 0 aromatic carbocycles. The van der Waals surface area contributed by atoms with Gasteiger partial charge in [0, 0.05) is 0 Å². The smallest absolute Gasteiger partial charge is 0.0673 e. The van der Waals surface area contributed by atoms with E-state index in [1.807, 2.05) is 0 Å². The van der Waals surface area contributed by atoms with Crippen molar-refractivity contribution in [3.8, 4) is 0 Å². The second-order valence-corrected chi connectivity index (χ2v) is 30.0. The highest BCUT2D eigenvalue weighted by molar-refractivity contribution is 7.25. The van der Waals surface area contributed by atoms with Crippen molar-refractivity contribution < 1.29 is 0 Å². The lowest BCUT2D eigenvalue weighted by molar-refractivity contribution is 1.20. The average Bonchev–Trinajstić information content (AvgIpc) is 1.71. The molecule has 0 spiro atoms. The molecule has 0 radical (unpaired) electrons. The number of hydrogen-bond acceptors (Lipinski definition) is 0. The van der Waals surface area contributed by atoms with Gasteiger partial charge < -0.3 is 0 Å². The topological polar surface area (TPSA) is 0 Å². The molecule has 0 aromatic rings. The minimum atomic E-state index is -1.10. The highest BCUT2D eigenvalue weighted by atomic mass is 28.5. The summed E-state index contributed by atoms with van der Waals surface area (Å²) in [5.74, 6) is 0. The Balaban J connectivity index is 6.05. The van der Waals surface area contributed by atoms with Crippen LogP contribution in [0.4, 0.5) is 0 Å². The van der Waals surface area contributed by atoms with E-state index in [0.717, 1.165) is 3.91 Å². The van der Waals surface area contributed by atoms with E-state index in [-0.39, 0.29) is 8.80 Å². The van der Waals surface area contributed by atoms with Crippen molar-refractivity contribution in [2.24, 2.45) is 0 Å². The van der Waals surface area contributed by atoms with Crippen molar-refractivity contribution in [1.82, 2.24) is 0 Å². The summed E-state index contributed by atoms with van der Waals surface area (Å²) in [4.78, 5) is 0. The third-order valence-electron chi connectivity index (χ3n) is 4.12. The van der Waals surface area contributed by atoms with Crippen molar-refractivity contribution in [1.29, 1.82) is 0 Å². The van der Waals surface area contributed by atoms with E-state index in [0.29, 0.717) is 0 Å². The van der Waals surface area contributed by atoms with Gasteiger partial charge in [-0.2, -0.15) is 0 Å². The third-order valence-corrected chi connectivity index (χ3v) is 37.1. The van der Waals surface area contributed by atoms with Crippen molar-refractivity contribution in [2.45, 2.75) is 75.9 Å². The van der Waals surface area contributed by atoms with Gasteiger partial charge in [-0.25, -0.2) is 0 Å². The minimum absolute atomic E-state index is 0.219. The molecule has 0 atom stereocenters. The first-order valence-corrected chi connectivity index (χ1v) is 19.5. The van der Waals surface area contributed by atoms with Crippen LogP contribution in [-0.2, 0) is 0 Å². The van der Waals surface area contributed by atoms with Crippen molar-refractivity contribution >= 4 is 33.0 Å². The Morgan fingerprint density at radius 3 is 0.750 bits per heavy atom. The van der Waals surface area contributed by atoms with Crippen LogP contribution in [0.25, 0.3) is 0 Å². The molecule has 0 aliphatic carbocycles. The summed E-state index contributed by atoms with van der Waals surface area (Å²) >= 11 is 0. The highest BCUT2D eigenvalue weighted by Crippen LogP contribution is 2.55. The first-order valence-electron chi connectivity index (χ1n) is 6.50. The molecule has 0 nitrogen and oxygen atoms in total. The Labute approximate surface area is 109 Å². The Morgan fingerprint density at radius 2 is 0.750 bits per heavy atom. The normalized spacial score (nSPS) is 15.2. The van der Waals surface area contributed by atoms with Crippen LogP contribution < -0.4 is 0 Å². The summed E-state index contributed by atoms with van der Waals surface area (Å²) in [6, 6.07) is 0. The van der Waals surface area contributed by atoms with Gasteiger partial charge in [0.1, 0.15) is 0 Å². The van der Waals surface area contributed by atoms with E-state index in [1.165, 1.54) is 0 Å². The van der Waals surface area contributed by atoms with Crippen LogP contribution in [0.1, 0.15) is 0 Å². The van der Waals surface area contributed by atoms with Crippen LogP contribution in [0.5, 0.6) is 0 Å². The molecular formula is C12H33Si4+. The minimum Gasteiger partial charge on any atom is -0.0673 e. The Morgan fingerprint density at radius 1 is 0.562 bits per heavy atom. The van der Waals surface area contributed by atoms with Gasteiger partial charge in [0.25, 0.3) is 0 Å². The maximum absolute atomic E-state index is 2.64. The van der Waals surface area contributed by atoms with Crippen molar-refractivity contribution in [3.05, 3.63) is 0 Å². The zero-order valence-electron chi connectivity index (χ0n) is 13.5. The molecule has 0 aliphatic heterocycles. The molecule has 0 amide bonds. The molecule has 0 rings (SSSR count). The molecule has 0 saturated heterocycles. The van der Waals surface area contributed by atoms with Gasteiger partial charge in [-0.15, -0.1) is 0 Å². The van der Waals surface area contributed by atoms with E-state index in [9.17, 15) is 0 Å². The van der Waals surface area contributed by atoms with Crippen LogP contribution in [0.15, 0.2) is 0 Å². The van der Waals surface area contributed by atoms with Crippen LogP contribution in [0.2, 0.25) is 75.9 Å². The standard InChI is InChI=1S/C12H33Si4/c1-13(2)12(14(3,4)5,15(6,7)8)16(9,10)11/h1-11H3/q+1. The number of rotatable bonds is 4. The lowest BCUT2D eigenvalue weighted by Gasteiger charge is -2.54. The van der Waals surface area contributed by atoms with Crippen LogP contribution in [0.3, 0.4) is 0 Å². The Bertz CT molecular complexity index is 201. The molecule has 0 fully saturated rings. The zero-order chi connectivity index (χ0) is 13.6. The summed E-state index contributed by atoms with van der Waals surface area (Å²) in [5.41, 5.74) is 0. The fourth-order valence-corrected chi connectivity index (χ4v) is 50.6. The molecule has 0 N–H and O–H groups in total. The van der Waals surface area contributed by atoms with Gasteiger partial charge in [-0.3, -0.25) is 0 Å². The van der Waals surface area contributed by atoms with E-state index in [1.54, 1.807) is 0 Å². The predicted molar refractivity (Wildman–Crippen MR) is 90.2 cm³/mol. The second-order valence-electron chi connectivity index (χ2n) is 8.50. The van der Waals surface area contributed by atoms with Crippen LogP contribution in [0, 0.1) is 0 Å². The molecule has 0 heterocycles. The molecule has 0 aromatic heterocycles. The first kappa shape index (κ1) is 16.9. The van der Waals surface area contributed by atoms with E-state index < -0.39 is 24.2 Å². The molecular weight excluding hydrogens is 256 g/mol. The summed E-state index contributed by atoms with van der Waals surface area (Å²) in [5, 5.41) is 0. The monoisotopic (exact) mass is 289 g/mol. The maximum Gasteiger partial charge on any atom is 0.303 e. The van der Waals surface area contributed by atoms with Crippen molar-refractivity contribution in [2.75, 3.05) is 0 Å². The molecule has 0 aliphatic rings. The third kappa shape index (κ3) is 2.49. The Kier molecular flexibility index (Phi) is 4.76. The van der Waals surface area contributed by atoms with Gasteiger partial charge in [0.15, 0.2) is 0 Å². The summed E-state index contributed by atoms with van der Waals surface area (Å²) < 4.78 is 0.831. The van der Waals surface area contributed by atoms with Gasteiger partial charge in [-0.1, -0.05) is 58.9 Å². The van der Waals surface area contributed by atoms with E-state index >= 15 is 0 Å². The quantitative estimate of drug-likeness (QED) is 0.631. The second kappa shape index (κ2) is 4.52. The highest BCUT2D eigenvalue weighted by Gasteiger charge is 2.69. The molecule has 0 bridgehead atoms. The van der Waals surface area contributed by atoms with Gasteiger partial charge >= 0.3 is 8.80 Å². The molecule has 0 unspecified atom stereocenters. The van der Waals surface area contributed by atoms with Crippen LogP contribution >= 0.6 is 0 Å². The van der Waals surface area contributed by atoms with Gasteiger partial charge in [0.05, 0.1) is 41.2 Å². The Hall–Kier alpha value is 0.868. The van der Waals surface area contributed by atoms with Crippen LogP contribution in [-0.4, -0.2) is 33.0 Å². The molecule has 96 valence electrons. The lowest BCUT2D eigenvalue weighted by atomic mass is 11.6.